The third-order valence-corrected chi connectivity index (χ3v) is 3.87. The van der Waals surface area contributed by atoms with Gasteiger partial charge in [0.15, 0.2) is 0 Å². The normalized spacial score (nSPS) is 10.2. The van der Waals surface area contributed by atoms with E-state index in [1.165, 1.54) is 42.5 Å². The van der Waals surface area contributed by atoms with Gasteiger partial charge in [-0.1, -0.05) is 18.2 Å². The number of carbonyl (C=O) groups is 1. The summed E-state index contributed by atoms with van der Waals surface area (Å²) in [6.45, 7) is -0.0145. The Bertz CT molecular complexity index is 1050. The van der Waals surface area contributed by atoms with Crippen molar-refractivity contribution in [3.8, 4) is 11.5 Å². The Morgan fingerprint density at radius 3 is 1.97 bits per heavy atom. The minimum atomic E-state index is -0.667. The van der Waals surface area contributed by atoms with Crippen LogP contribution in [0.4, 0.5) is 11.4 Å². The van der Waals surface area contributed by atoms with Gasteiger partial charge in [0.25, 0.3) is 11.4 Å². The number of hydrogen-bond acceptors (Lipinski definition) is 7. The summed E-state index contributed by atoms with van der Waals surface area (Å²) in [5.41, 5.74) is 0.572. The number of benzene rings is 3. The van der Waals surface area contributed by atoms with Gasteiger partial charge in [-0.15, -0.1) is 0 Å². The lowest BCUT2D eigenvalue weighted by molar-refractivity contribution is -0.385. The summed E-state index contributed by atoms with van der Waals surface area (Å²) < 4.78 is 10.8. The number of nitro benzene ring substituents is 2. The van der Waals surface area contributed by atoms with Crippen molar-refractivity contribution in [1.82, 2.24) is 0 Å². The first-order valence-corrected chi connectivity index (χ1v) is 8.35. The maximum absolute atomic E-state index is 12.1. The molecule has 0 saturated heterocycles. The molecule has 0 amide bonds. The Morgan fingerprint density at radius 1 is 0.793 bits per heavy atom. The number of nitrogens with zero attached hydrogens (tertiary/aromatic N) is 2. The molecule has 9 heteroatoms. The Kier molecular flexibility index (Phi) is 5.79. The molecule has 0 aliphatic heterocycles. The van der Waals surface area contributed by atoms with Crippen LogP contribution >= 0.6 is 0 Å². The van der Waals surface area contributed by atoms with Crippen LogP contribution < -0.4 is 4.74 Å². The molecule has 0 N–H and O–H groups in total. The second-order valence-electron chi connectivity index (χ2n) is 5.88. The Balaban J connectivity index is 1.57. The molecule has 0 bridgehead atoms. The monoisotopic (exact) mass is 394 g/mol. The minimum Gasteiger partial charge on any atom is -0.457 e. The van der Waals surface area contributed by atoms with Crippen LogP contribution in [0.15, 0.2) is 72.8 Å². The summed E-state index contributed by atoms with van der Waals surface area (Å²) in [6.07, 6.45) is 0. The predicted octanol–water partition coefficient (Wildman–Crippen LogP) is 4.65. The van der Waals surface area contributed by atoms with Crippen molar-refractivity contribution in [3.63, 3.8) is 0 Å². The molecule has 0 aliphatic carbocycles. The van der Waals surface area contributed by atoms with E-state index in [4.69, 9.17) is 9.47 Å². The van der Waals surface area contributed by atoms with Crippen LogP contribution in [-0.4, -0.2) is 15.8 Å². The second kappa shape index (κ2) is 8.61. The topological polar surface area (TPSA) is 122 Å². The summed E-state index contributed by atoms with van der Waals surface area (Å²) in [5.74, 6) is 0.285. The number of esters is 1. The van der Waals surface area contributed by atoms with Gasteiger partial charge in [0, 0.05) is 24.3 Å². The van der Waals surface area contributed by atoms with Crippen LogP contribution in [0.1, 0.15) is 15.9 Å². The molecule has 0 spiro atoms. The molecule has 29 heavy (non-hydrogen) atoms. The maximum Gasteiger partial charge on any atom is 0.338 e. The molecule has 0 heterocycles. The molecular formula is C20H14N2O7. The minimum absolute atomic E-state index is 0.0145. The van der Waals surface area contributed by atoms with E-state index in [9.17, 15) is 25.0 Å². The van der Waals surface area contributed by atoms with E-state index in [0.717, 1.165) is 6.07 Å². The molecule has 146 valence electrons. The van der Waals surface area contributed by atoms with Crippen molar-refractivity contribution in [1.29, 1.82) is 0 Å². The third kappa shape index (κ3) is 5.13. The van der Waals surface area contributed by atoms with Crippen molar-refractivity contribution in [3.05, 3.63) is 104 Å². The first-order chi connectivity index (χ1) is 13.9. The fraction of sp³-hybridized carbons (Fsp3) is 0.0500. The summed E-state index contributed by atoms with van der Waals surface area (Å²) >= 11 is 0. The smallest absolute Gasteiger partial charge is 0.338 e. The van der Waals surface area contributed by atoms with Crippen molar-refractivity contribution < 1.29 is 24.1 Å². The van der Waals surface area contributed by atoms with Crippen molar-refractivity contribution >= 4 is 17.3 Å². The zero-order chi connectivity index (χ0) is 20.8. The van der Waals surface area contributed by atoms with Crippen molar-refractivity contribution in [2.24, 2.45) is 0 Å². The average molecular weight is 394 g/mol. The van der Waals surface area contributed by atoms with Gasteiger partial charge in [-0.3, -0.25) is 20.2 Å². The molecule has 0 fully saturated rings. The van der Waals surface area contributed by atoms with E-state index < -0.39 is 15.8 Å². The molecule has 3 aromatic carbocycles. The molecule has 3 rings (SSSR count). The predicted molar refractivity (Wildman–Crippen MR) is 102 cm³/mol. The lowest BCUT2D eigenvalue weighted by atomic mass is 10.2. The highest BCUT2D eigenvalue weighted by Gasteiger charge is 2.13. The van der Waals surface area contributed by atoms with E-state index in [2.05, 4.69) is 0 Å². The highest BCUT2D eigenvalue weighted by Crippen LogP contribution is 2.24. The van der Waals surface area contributed by atoms with E-state index in [0.29, 0.717) is 17.1 Å². The Hall–Kier alpha value is -4.27. The van der Waals surface area contributed by atoms with Gasteiger partial charge in [-0.05, 0) is 35.9 Å². The molecular weight excluding hydrogens is 380 g/mol. The first-order valence-electron chi connectivity index (χ1n) is 8.35. The van der Waals surface area contributed by atoms with Crippen LogP contribution in [0.2, 0.25) is 0 Å². The van der Waals surface area contributed by atoms with Crippen LogP contribution in [0.5, 0.6) is 11.5 Å². The van der Waals surface area contributed by atoms with E-state index in [1.807, 2.05) is 0 Å². The summed E-state index contributed by atoms with van der Waals surface area (Å²) in [6, 6.07) is 17.7. The van der Waals surface area contributed by atoms with Gasteiger partial charge in [0.1, 0.15) is 18.1 Å². The third-order valence-electron chi connectivity index (χ3n) is 3.87. The molecule has 9 nitrogen and oxygen atoms in total. The van der Waals surface area contributed by atoms with Gasteiger partial charge in [-0.25, -0.2) is 4.79 Å². The molecule has 0 unspecified atom stereocenters. The van der Waals surface area contributed by atoms with Gasteiger partial charge in [-0.2, -0.15) is 0 Å². The first kappa shape index (κ1) is 19.5. The Labute approximate surface area is 164 Å². The maximum atomic E-state index is 12.1. The zero-order valence-electron chi connectivity index (χ0n) is 14.9. The molecule has 0 saturated carbocycles. The number of ether oxygens (including phenoxy) is 2. The van der Waals surface area contributed by atoms with Gasteiger partial charge in [0.05, 0.1) is 15.4 Å². The van der Waals surface area contributed by atoms with E-state index in [1.54, 1.807) is 24.3 Å². The fourth-order valence-corrected chi connectivity index (χ4v) is 2.40. The highest BCUT2D eigenvalue weighted by atomic mass is 16.6. The molecule has 0 aliphatic rings. The van der Waals surface area contributed by atoms with Crippen LogP contribution in [0.25, 0.3) is 0 Å². The van der Waals surface area contributed by atoms with Crippen LogP contribution in [0.3, 0.4) is 0 Å². The quantitative estimate of drug-likeness (QED) is 0.325. The number of non-ortho nitro benzene ring substituents is 2. The largest absolute Gasteiger partial charge is 0.457 e. The van der Waals surface area contributed by atoms with Crippen LogP contribution in [-0.2, 0) is 11.3 Å². The van der Waals surface area contributed by atoms with Crippen molar-refractivity contribution in [2.75, 3.05) is 0 Å². The lowest BCUT2D eigenvalue weighted by Gasteiger charge is -2.08. The van der Waals surface area contributed by atoms with E-state index >= 15 is 0 Å². The standard InChI is InChI=1S/C20H14N2O7/c23-20(15-2-1-3-17(12-15)22(26)27)28-13-14-4-8-18(9-5-14)29-19-10-6-16(7-11-19)21(24)25/h1-12H,13H2. The molecule has 0 atom stereocenters. The lowest BCUT2D eigenvalue weighted by Crippen LogP contribution is -2.05. The number of hydrogen-bond donors (Lipinski definition) is 0. The SMILES string of the molecule is O=C(OCc1ccc(Oc2ccc([N+](=O)[O-])cc2)cc1)c1cccc([N+](=O)[O-])c1. The number of carbonyl (C=O) groups excluding carboxylic acids is 1. The molecule has 0 aromatic heterocycles. The van der Waals surface area contributed by atoms with Crippen molar-refractivity contribution in [2.45, 2.75) is 6.61 Å². The Morgan fingerprint density at radius 2 is 1.38 bits per heavy atom. The summed E-state index contributed by atoms with van der Waals surface area (Å²) in [4.78, 5) is 32.4. The summed E-state index contributed by atoms with van der Waals surface area (Å²) in [5, 5.41) is 21.4. The number of rotatable bonds is 7. The molecule has 3 aromatic rings. The van der Waals surface area contributed by atoms with E-state index in [-0.39, 0.29) is 23.5 Å². The van der Waals surface area contributed by atoms with Gasteiger partial charge >= 0.3 is 5.97 Å². The zero-order valence-corrected chi connectivity index (χ0v) is 14.9. The average Bonchev–Trinajstić information content (AvgIpc) is 2.73. The fourth-order valence-electron chi connectivity index (χ4n) is 2.40. The summed E-state index contributed by atoms with van der Waals surface area (Å²) in [7, 11) is 0. The second-order valence-corrected chi connectivity index (χ2v) is 5.88. The highest BCUT2D eigenvalue weighted by molar-refractivity contribution is 5.90. The van der Waals surface area contributed by atoms with Gasteiger partial charge in [0.2, 0.25) is 0 Å². The molecule has 0 radical (unpaired) electrons. The van der Waals surface area contributed by atoms with Crippen LogP contribution in [0, 0.1) is 20.2 Å². The van der Waals surface area contributed by atoms with Gasteiger partial charge < -0.3 is 9.47 Å². The number of nitro groups is 2.